The molecule has 1 fully saturated rings. The van der Waals surface area contributed by atoms with Crippen molar-refractivity contribution in [3.63, 3.8) is 0 Å². The first-order valence-corrected chi connectivity index (χ1v) is 9.14. The summed E-state index contributed by atoms with van der Waals surface area (Å²) in [7, 11) is 0. The van der Waals surface area contributed by atoms with E-state index in [-0.39, 0.29) is 0 Å². The van der Waals surface area contributed by atoms with Crippen molar-refractivity contribution in [2.45, 2.75) is 46.5 Å². The number of nitrogens with zero attached hydrogens (tertiary/aromatic N) is 3. The molecule has 0 bridgehead atoms. The van der Waals surface area contributed by atoms with Gasteiger partial charge in [0.2, 0.25) is 0 Å². The van der Waals surface area contributed by atoms with Crippen molar-refractivity contribution in [2.24, 2.45) is 16.6 Å². The molecule has 0 amide bonds. The SMILES string of the molecule is CCCCCCNC(N)=NCC(C)CN1CCN(CC)CC1. The van der Waals surface area contributed by atoms with Gasteiger partial charge in [-0.2, -0.15) is 0 Å². The van der Waals surface area contributed by atoms with Gasteiger partial charge in [0.1, 0.15) is 0 Å². The topological polar surface area (TPSA) is 56.9 Å². The smallest absolute Gasteiger partial charge is 0.188 e. The van der Waals surface area contributed by atoms with Crippen LogP contribution in [0.1, 0.15) is 46.5 Å². The summed E-state index contributed by atoms with van der Waals surface area (Å²) in [5, 5.41) is 3.22. The molecule has 1 aliphatic heterocycles. The number of likely N-dealkylation sites (N-methyl/N-ethyl adjacent to an activating group) is 1. The van der Waals surface area contributed by atoms with Crippen molar-refractivity contribution in [3.05, 3.63) is 0 Å². The van der Waals surface area contributed by atoms with Crippen LogP contribution in [0.3, 0.4) is 0 Å². The number of piperazine rings is 1. The summed E-state index contributed by atoms with van der Waals surface area (Å²) in [6, 6.07) is 0. The van der Waals surface area contributed by atoms with E-state index in [2.05, 4.69) is 40.9 Å². The van der Waals surface area contributed by atoms with Crippen LogP contribution < -0.4 is 11.1 Å². The summed E-state index contributed by atoms with van der Waals surface area (Å²) >= 11 is 0. The van der Waals surface area contributed by atoms with E-state index in [1.807, 2.05) is 0 Å². The average molecular weight is 312 g/mol. The monoisotopic (exact) mass is 311 g/mol. The fourth-order valence-corrected chi connectivity index (χ4v) is 2.86. The maximum absolute atomic E-state index is 5.92. The molecular formula is C17H37N5. The number of hydrogen-bond acceptors (Lipinski definition) is 3. The first kappa shape index (κ1) is 19.2. The van der Waals surface area contributed by atoms with Crippen LogP contribution in [0, 0.1) is 5.92 Å². The first-order valence-electron chi connectivity index (χ1n) is 9.14. The molecule has 3 N–H and O–H groups in total. The quantitative estimate of drug-likeness (QED) is 0.367. The molecule has 22 heavy (non-hydrogen) atoms. The van der Waals surface area contributed by atoms with Gasteiger partial charge in [-0.3, -0.25) is 4.99 Å². The molecule has 1 unspecified atom stereocenters. The molecule has 0 aliphatic carbocycles. The molecule has 0 radical (unpaired) electrons. The van der Waals surface area contributed by atoms with Crippen LogP contribution in [-0.4, -0.2) is 68.1 Å². The average Bonchev–Trinajstić information content (AvgIpc) is 2.53. The van der Waals surface area contributed by atoms with E-state index in [0.29, 0.717) is 11.9 Å². The zero-order valence-electron chi connectivity index (χ0n) is 15.0. The number of hydrogen-bond donors (Lipinski definition) is 2. The molecule has 0 spiro atoms. The van der Waals surface area contributed by atoms with Crippen molar-refractivity contribution in [3.8, 4) is 0 Å². The van der Waals surface area contributed by atoms with Crippen molar-refractivity contribution in [1.82, 2.24) is 15.1 Å². The summed E-state index contributed by atoms with van der Waals surface area (Å²) in [4.78, 5) is 9.55. The van der Waals surface area contributed by atoms with E-state index in [0.717, 1.165) is 19.6 Å². The number of unbranched alkanes of at least 4 members (excludes halogenated alkanes) is 3. The first-order chi connectivity index (χ1) is 10.7. The van der Waals surface area contributed by atoms with Crippen LogP contribution in [-0.2, 0) is 0 Å². The molecule has 1 rings (SSSR count). The minimum atomic E-state index is 0.564. The van der Waals surface area contributed by atoms with Crippen LogP contribution in [0.5, 0.6) is 0 Å². The molecule has 1 aliphatic rings. The highest BCUT2D eigenvalue weighted by Gasteiger charge is 2.17. The Labute approximate surface area is 137 Å². The highest BCUT2D eigenvalue weighted by Crippen LogP contribution is 2.06. The summed E-state index contributed by atoms with van der Waals surface area (Å²) in [6.45, 7) is 15.6. The molecule has 1 heterocycles. The van der Waals surface area contributed by atoms with Gasteiger partial charge in [0, 0.05) is 45.8 Å². The molecule has 5 heteroatoms. The van der Waals surface area contributed by atoms with Crippen LogP contribution >= 0.6 is 0 Å². The van der Waals surface area contributed by atoms with E-state index in [9.17, 15) is 0 Å². The summed E-state index contributed by atoms with van der Waals surface area (Å²) in [5.41, 5.74) is 5.92. The molecular weight excluding hydrogens is 274 g/mol. The van der Waals surface area contributed by atoms with Crippen LogP contribution in [0.25, 0.3) is 0 Å². The number of nitrogens with one attached hydrogen (secondary N) is 1. The fourth-order valence-electron chi connectivity index (χ4n) is 2.86. The second-order valence-corrected chi connectivity index (χ2v) is 6.55. The molecule has 5 nitrogen and oxygen atoms in total. The zero-order valence-corrected chi connectivity index (χ0v) is 15.0. The van der Waals surface area contributed by atoms with E-state index in [1.165, 1.54) is 58.4 Å². The van der Waals surface area contributed by atoms with E-state index in [4.69, 9.17) is 5.73 Å². The van der Waals surface area contributed by atoms with E-state index < -0.39 is 0 Å². The summed E-state index contributed by atoms with van der Waals surface area (Å²) in [5.74, 6) is 1.17. The summed E-state index contributed by atoms with van der Waals surface area (Å²) in [6.07, 6.45) is 5.03. The molecule has 1 saturated heterocycles. The zero-order chi connectivity index (χ0) is 16.2. The number of rotatable bonds is 10. The lowest BCUT2D eigenvalue weighted by atomic mass is 10.1. The molecule has 0 saturated carbocycles. The summed E-state index contributed by atoms with van der Waals surface area (Å²) < 4.78 is 0. The van der Waals surface area contributed by atoms with Gasteiger partial charge in [0.25, 0.3) is 0 Å². The fraction of sp³-hybridized carbons (Fsp3) is 0.941. The predicted octanol–water partition coefficient (Wildman–Crippen LogP) is 1.74. The third-order valence-electron chi connectivity index (χ3n) is 4.39. The van der Waals surface area contributed by atoms with Gasteiger partial charge >= 0.3 is 0 Å². The molecule has 130 valence electrons. The highest BCUT2D eigenvalue weighted by atomic mass is 15.3. The maximum atomic E-state index is 5.92. The third kappa shape index (κ3) is 8.59. The van der Waals surface area contributed by atoms with Crippen molar-refractivity contribution < 1.29 is 0 Å². The number of nitrogens with two attached hydrogens (primary N) is 1. The Morgan fingerprint density at radius 1 is 1.09 bits per heavy atom. The number of guanidine groups is 1. The lowest BCUT2D eigenvalue weighted by molar-refractivity contribution is 0.125. The third-order valence-corrected chi connectivity index (χ3v) is 4.39. The van der Waals surface area contributed by atoms with Gasteiger partial charge in [0.05, 0.1) is 0 Å². The van der Waals surface area contributed by atoms with Gasteiger partial charge in [-0.05, 0) is 18.9 Å². The minimum Gasteiger partial charge on any atom is -0.370 e. The van der Waals surface area contributed by atoms with E-state index in [1.54, 1.807) is 0 Å². The van der Waals surface area contributed by atoms with Crippen LogP contribution in [0.2, 0.25) is 0 Å². The Balaban J connectivity index is 2.11. The highest BCUT2D eigenvalue weighted by molar-refractivity contribution is 5.77. The second-order valence-electron chi connectivity index (χ2n) is 6.55. The minimum absolute atomic E-state index is 0.564. The van der Waals surface area contributed by atoms with Gasteiger partial charge < -0.3 is 20.9 Å². The lowest BCUT2D eigenvalue weighted by Gasteiger charge is -2.35. The normalized spacial score (nSPS) is 19.3. The van der Waals surface area contributed by atoms with E-state index >= 15 is 0 Å². The predicted molar refractivity (Wildman–Crippen MR) is 96.4 cm³/mol. The Morgan fingerprint density at radius 3 is 2.41 bits per heavy atom. The molecule has 1 atom stereocenters. The Morgan fingerprint density at radius 2 is 1.77 bits per heavy atom. The lowest BCUT2D eigenvalue weighted by Crippen LogP contribution is -2.47. The van der Waals surface area contributed by atoms with Crippen molar-refractivity contribution in [2.75, 3.05) is 52.4 Å². The van der Waals surface area contributed by atoms with Gasteiger partial charge in [0.15, 0.2) is 5.96 Å². The van der Waals surface area contributed by atoms with Crippen LogP contribution in [0.4, 0.5) is 0 Å². The largest absolute Gasteiger partial charge is 0.370 e. The number of aliphatic imine (C=N–C) groups is 1. The van der Waals surface area contributed by atoms with Crippen LogP contribution in [0.15, 0.2) is 4.99 Å². The van der Waals surface area contributed by atoms with Crippen molar-refractivity contribution >= 4 is 5.96 Å². The van der Waals surface area contributed by atoms with Gasteiger partial charge in [-0.15, -0.1) is 0 Å². The Kier molecular flexibility index (Phi) is 10.2. The molecule has 0 aromatic heterocycles. The molecule has 0 aromatic carbocycles. The second kappa shape index (κ2) is 11.7. The van der Waals surface area contributed by atoms with Gasteiger partial charge in [-0.1, -0.05) is 40.0 Å². The van der Waals surface area contributed by atoms with Crippen molar-refractivity contribution in [1.29, 1.82) is 0 Å². The standard InChI is InChI=1S/C17H37N5/c1-4-6-7-8-9-19-17(18)20-14-16(3)15-22-12-10-21(5-2)11-13-22/h16H,4-15H2,1-3H3,(H3,18,19,20). The molecule has 0 aromatic rings. The maximum Gasteiger partial charge on any atom is 0.188 e. The Hall–Kier alpha value is -0.810. The van der Waals surface area contributed by atoms with Gasteiger partial charge in [-0.25, -0.2) is 0 Å². The Bertz CT molecular complexity index is 297.